The molecule has 0 saturated carbocycles. The van der Waals surface area contributed by atoms with Gasteiger partial charge < -0.3 is 5.32 Å². The highest BCUT2D eigenvalue weighted by Crippen LogP contribution is 2.31. The van der Waals surface area contributed by atoms with Gasteiger partial charge in [0.25, 0.3) is 0 Å². The minimum atomic E-state index is -3.70. The molecule has 2 aromatic rings. The summed E-state index contributed by atoms with van der Waals surface area (Å²) < 4.78 is 28.2. The molecule has 1 fully saturated rings. The molecule has 0 bridgehead atoms. The van der Waals surface area contributed by atoms with Crippen LogP contribution in [0.25, 0.3) is 0 Å². The Hall–Kier alpha value is -2.18. The van der Waals surface area contributed by atoms with Crippen LogP contribution in [0.5, 0.6) is 0 Å². The Morgan fingerprint density at radius 1 is 0.885 bits per heavy atom. The molecule has 0 radical (unpaired) electrons. The summed E-state index contributed by atoms with van der Waals surface area (Å²) in [6, 6.07) is 17.3. The van der Waals surface area contributed by atoms with Crippen molar-refractivity contribution in [3.05, 3.63) is 66.2 Å². The van der Waals surface area contributed by atoms with Crippen LogP contribution >= 0.6 is 0 Å². The number of nitrogens with zero attached hydrogens (tertiary/aromatic N) is 1. The number of carbonyl (C=O) groups is 1. The topological polar surface area (TPSA) is 66.5 Å². The largest absolute Gasteiger partial charge is 0.356 e. The van der Waals surface area contributed by atoms with Crippen molar-refractivity contribution in [1.82, 2.24) is 9.62 Å². The molecule has 2 aromatic carbocycles. The van der Waals surface area contributed by atoms with E-state index < -0.39 is 16.1 Å². The molecule has 1 saturated heterocycles. The second kappa shape index (κ2) is 8.47. The van der Waals surface area contributed by atoms with Crippen molar-refractivity contribution in [1.29, 1.82) is 0 Å². The van der Waals surface area contributed by atoms with Gasteiger partial charge in [-0.3, -0.25) is 4.79 Å². The molecule has 1 N–H and O–H groups in total. The zero-order valence-electron chi connectivity index (χ0n) is 14.7. The normalized spacial score (nSPS) is 20.3. The van der Waals surface area contributed by atoms with Crippen molar-refractivity contribution >= 4 is 15.9 Å². The van der Waals surface area contributed by atoms with E-state index in [4.69, 9.17) is 0 Å². The predicted octanol–water partition coefficient (Wildman–Crippen LogP) is 3.11. The quantitative estimate of drug-likeness (QED) is 0.900. The molecule has 1 unspecified atom stereocenters. The number of hydrogen-bond acceptors (Lipinski definition) is 3. The fourth-order valence-corrected chi connectivity index (χ4v) is 4.95. The van der Waals surface area contributed by atoms with Crippen molar-refractivity contribution in [2.24, 2.45) is 0 Å². The van der Waals surface area contributed by atoms with Crippen LogP contribution in [0.3, 0.4) is 0 Å². The number of hydrogen-bond donors (Lipinski definition) is 1. The van der Waals surface area contributed by atoms with Crippen molar-refractivity contribution in [2.45, 2.75) is 36.6 Å². The van der Waals surface area contributed by atoms with Gasteiger partial charge in [-0.25, -0.2) is 8.42 Å². The van der Waals surface area contributed by atoms with E-state index in [2.05, 4.69) is 5.32 Å². The highest BCUT2D eigenvalue weighted by molar-refractivity contribution is 7.89. The zero-order chi connectivity index (χ0) is 18.4. The Balaban J connectivity index is 2.04. The van der Waals surface area contributed by atoms with E-state index in [1.54, 1.807) is 30.3 Å². The third-order valence-electron chi connectivity index (χ3n) is 4.64. The average Bonchev–Trinajstić information content (AvgIpc) is 2.67. The number of carbonyl (C=O) groups excluding carboxylic acids is 1. The first-order chi connectivity index (χ1) is 12.6. The molecule has 1 heterocycles. The summed E-state index contributed by atoms with van der Waals surface area (Å²) in [7, 11) is -3.70. The fourth-order valence-electron chi connectivity index (χ4n) is 3.28. The second-order valence-corrected chi connectivity index (χ2v) is 8.36. The van der Waals surface area contributed by atoms with Gasteiger partial charge in [0.2, 0.25) is 15.9 Å². The van der Waals surface area contributed by atoms with Gasteiger partial charge in [-0.15, -0.1) is 0 Å². The number of sulfonamides is 1. The van der Waals surface area contributed by atoms with Gasteiger partial charge >= 0.3 is 0 Å². The minimum Gasteiger partial charge on any atom is -0.356 e. The first-order valence-electron chi connectivity index (χ1n) is 8.97. The first-order valence-corrected chi connectivity index (χ1v) is 10.4. The predicted molar refractivity (Wildman–Crippen MR) is 101 cm³/mol. The molecule has 1 aliphatic rings. The lowest BCUT2D eigenvalue weighted by atomic mass is 10.0. The molecule has 1 aliphatic heterocycles. The molecule has 26 heavy (non-hydrogen) atoms. The third-order valence-corrected chi connectivity index (χ3v) is 6.56. The monoisotopic (exact) mass is 372 g/mol. The van der Waals surface area contributed by atoms with Gasteiger partial charge in [-0.2, -0.15) is 4.31 Å². The lowest BCUT2D eigenvalue weighted by Crippen LogP contribution is -2.39. The number of nitrogens with one attached hydrogen (secondary N) is 1. The molecule has 6 heteroatoms. The van der Waals surface area contributed by atoms with Crippen LogP contribution in [0.4, 0.5) is 0 Å². The summed E-state index contributed by atoms with van der Waals surface area (Å²) in [4.78, 5) is 12.6. The summed E-state index contributed by atoms with van der Waals surface area (Å²) in [5, 5.41) is 2.90. The Bertz CT molecular complexity index is 823. The van der Waals surface area contributed by atoms with E-state index in [9.17, 15) is 13.2 Å². The van der Waals surface area contributed by atoms with E-state index in [1.165, 1.54) is 4.31 Å². The maximum Gasteiger partial charge on any atom is 0.243 e. The Labute approximate surface area is 155 Å². The summed E-state index contributed by atoms with van der Waals surface area (Å²) in [6.45, 7) is 1.05. The summed E-state index contributed by atoms with van der Waals surface area (Å²) in [5.41, 5.74) is 0.836. The van der Waals surface area contributed by atoms with Crippen molar-refractivity contribution in [3.8, 4) is 0 Å². The van der Waals surface area contributed by atoms with Crippen LogP contribution in [-0.2, 0) is 14.8 Å². The van der Waals surface area contributed by atoms with E-state index in [-0.39, 0.29) is 17.2 Å². The van der Waals surface area contributed by atoms with Crippen LogP contribution in [0.1, 0.15) is 37.3 Å². The van der Waals surface area contributed by atoms with Gasteiger partial charge in [0.15, 0.2) is 0 Å². The third kappa shape index (κ3) is 4.31. The fraction of sp³-hybridized carbons (Fsp3) is 0.350. The Morgan fingerprint density at radius 2 is 1.54 bits per heavy atom. The van der Waals surface area contributed by atoms with Gasteiger partial charge in [0.05, 0.1) is 10.9 Å². The summed E-state index contributed by atoms with van der Waals surface area (Å²) in [5.74, 6) is -0.117. The van der Waals surface area contributed by atoms with E-state index in [0.717, 1.165) is 24.8 Å². The molecule has 138 valence electrons. The Morgan fingerprint density at radius 3 is 2.23 bits per heavy atom. The average molecular weight is 372 g/mol. The lowest BCUT2D eigenvalue weighted by Gasteiger charge is -2.32. The first kappa shape index (κ1) is 18.6. The Kier molecular flexibility index (Phi) is 6.06. The maximum absolute atomic E-state index is 13.3. The van der Waals surface area contributed by atoms with E-state index in [0.29, 0.717) is 13.1 Å². The van der Waals surface area contributed by atoms with Crippen molar-refractivity contribution < 1.29 is 13.2 Å². The number of rotatable bonds is 3. The van der Waals surface area contributed by atoms with Crippen LogP contribution in [-0.4, -0.2) is 31.7 Å². The van der Waals surface area contributed by atoms with E-state index in [1.807, 2.05) is 30.3 Å². The highest BCUT2D eigenvalue weighted by Gasteiger charge is 2.33. The van der Waals surface area contributed by atoms with Crippen molar-refractivity contribution in [3.63, 3.8) is 0 Å². The molecule has 0 aliphatic carbocycles. The van der Waals surface area contributed by atoms with Crippen LogP contribution in [0.15, 0.2) is 65.6 Å². The molecule has 5 nitrogen and oxygen atoms in total. The van der Waals surface area contributed by atoms with Crippen LogP contribution in [0, 0.1) is 0 Å². The lowest BCUT2D eigenvalue weighted by molar-refractivity contribution is -0.122. The van der Waals surface area contributed by atoms with Gasteiger partial charge in [-0.1, -0.05) is 55.0 Å². The summed E-state index contributed by atoms with van der Waals surface area (Å²) >= 11 is 0. The smallest absolute Gasteiger partial charge is 0.243 e. The van der Waals surface area contributed by atoms with Crippen LogP contribution < -0.4 is 5.32 Å². The van der Waals surface area contributed by atoms with Crippen molar-refractivity contribution in [2.75, 3.05) is 13.1 Å². The van der Waals surface area contributed by atoms with E-state index >= 15 is 0 Å². The van der Waals surface area contributed by atoms with Crippen LogP contribution in [0.2, 0.25) is 0 Å². The maximum atomic E-state index is 13.3. The standard InChI is InChI=1S/C20H24N2O3S/c23-20-16-19(17-10-4-1-5-11-17)22(15-9-3-8-14-21-20)26(24,25)18-12-6-2-7-13-18/h1-2,4-7,10-13,19H,3,8-9,14-16H2,(H,21,23). The molecule has 1 amide bonds. The molecule has 3 rings (SSSR count). The van der Waals surface area contributed by atoms with Gasteiger partial charge in [-0.05, 0) is 30.5 Å². The van der Waals surface area contributed by atoms with Gasteiger partial charge in [0.1, 0.15) is 0 Å². The zero-order valence-corrected chi connectivity index (χ0v) is 15.5. The molecular weight excluding hydrogens is 348 g/mol. The van der Waals surface area contributed by atoms with Gasteiger partial charge in [0, 0.05) is 19.5 Å². The molecular formula is C20H24N2O3S. The summed E-state index contributed by atoms with van der Waals surface area (Å²) in [6.07, 6.45) is 2.63. The number of amides is 1. The molecule has 0 spiro atoms. The molecule has 1 atom stereocenters. The second-order valence-electron chi connectivity index (χ2n) is 6.47. The SMILES string of the molecule is O=C1CC(c2ccccc2)N(S(=O)(=O)c2ccccc2)CCCCCN1. The highest BCUT2D eigenvalue weighted by atomic mass is 32.2. The molecule has 0 aromatic heterocycles. The minimum absolute atomic E-state index is 0.117. The number of benzene rings is 2.